The number of hydrogen-bond acceptors (Lipinski definition) is 4. The third-order valence-corrected chi connectivity index (χ3v) is 2.87. The van der Waals surface area contributed by atoms with Crippen molar-refractivity contribution in [2.45, 2.75) is 13.5 Å². The first kappa shape index (κ1) is 13.7. The van der Waals surface area contributed by atoms with Gasteiger partial charge in [-0.1, -0.05) is 18.1 Å². The maximum atomic E-state index is 12.3. The van der Waals surface area contributed by atoms with Crippen LogP contribution < -0.4 is 5.56 Å². The summed E-state index contributed by atoms with van der Waals surface area (Å²) >= 11 is 0. The molecule has 1 heterocycles. The van der Waals surface area contributed by atoms with Gasteiger partial charge in [0, 0.05) is 5.39 Å². The molecule has 0 aliphatic heterocycles. The van der Waals surface area contributed by atoms with Crippen LogP contribution >= 0.6 is 0 Å². The Morgan fingerprint density at radius 2 is 2.15 bits per heavy atom. The van der Waals surface area contributed by atoms with Gasteiger partial charge in [0.2, 0.25) is 0 Å². The van der Waals surface area contributed by atoms with Crippen LogP contribution in [-0.2, 0) is 11.3 Å². The van der Waals surface area contributed by atoms with Crippen LogP contribution in [0.3, 0.4) is 0 Å². The lowest BCUT2D eigenvalue weighted by atomic mass is 10.1. The van der Waals surface area contributed by atoms with Gasteiger partial charge in [0.1, 0.15) is 5.75 Å². The third kappa shape index (κ3) is 2.12. The van der Waals surface area contributed by atoms with Gasteiger partial charge in [-0.25, -0.2) is 4.79 Å². The molecule has 0 radical (unpaired) electrons. The number of carbonyl (C=O) groups is 1. The van der Waals surface area contributed by atoms with E-state index < -0.39 is 11.5 Å². The predicted octanol–water partition coefficient (Wildman–Crippen LogP) is 1.52. The molecule has 0 saturated carbocycles. The van der Waals surface area contributed by atoms with Crippen molar-refractivity contribution in [3.63, 3.8) is 0 Å². The molecule has 0 fully saturated rings. The van der Waals surface area contributed by atoms with E-state index in [4.69, 9.17) is 11.2 Å². The monoisotopic (exact) mass is 271 g/mol. The summed E-state index contributed by atoms with van der Waals surface area (Å²) in [4.78, 5) is 24.2. The van der Waals surface area contributed by atoms with E-state index in [1.165, 1.54) is 4.57 Å². The lowest BCUT2D eigenvalue weighted by Gasteiger charge is -2.12. The first-order valence-corrected chi connectivity index (χ1v) is 6.06. The van der Waals surface area contributed by atoms with Crippen molar-refractivity contribution in [3.8, 4) is 18.1 Å². The molecule has 1 aromatic heterocycles. The van der Waals surface area contributed by atoms with Crippen molar-refractivity contribution in [1.82, 2.24) is 4.57 Å². The van der Waals surface area contributed by atoms with E-state index in [2.05, 4.69) is 5.92 Å². The molecular formula is C15H13NO4. The number of aromatic hydroxyl groups is 1. The summed E-state index contributed by atoms with van der Waals surface area (Å²) in [5.41, 5.74) is -0.570. The highest BCUT2D eigenvalue weighted by Gasteiger charge is 2.22. The zero-order chi connectivity index (χ0) is 14.7. The van der Waals surface area contributed by atoms with Gasteiger partial charge in [-0.15, -0.1) is 6.42 Å². The Balaban J connectivity index is 2.86. The van der Waals surface area contributed by atoms with Gasteiger partial charge < -0.3 is 9.84 Å². The minimum Gasteiger partial charge on any atom is -0.506 e. The third-order valence-electron chi connectivity index (χ3n) is 2.87. The molecule has 5 heteroatoms. The van der Waals surface area contributed by atoms with E-state index in [0.717, 1.165) is 0 Å². The summed E-state index contributed by atoms with van der Waals surface area (Å²) < 4.78 is 6.07. The molecule has 0 aliphatic carbocycles. The maximum absolute atomic E-state index is 12.3. The first-order chi connectivity index (χ1) is 9.61. The molecular weight excluding hydrogens is 258 g/mol. The predicted molar refractivity (Wildman–Crippen MR) is 74.7 cm³/mol. The topological polar surface area (TPSA) is 68.5 Å². The molecule has 0 saturated heterocycles. The number of fused-ring (bicyclic) bond motifs is 1. The first-order valence-electron chi connectivity index (χ1n) is 6.06. The molecule has 1 N–H and O–H groups in total. The highest BCUT2D eigenvalue weighted by molar-refractivity contribution is 5.99. The largest absolute Gasteiger partial charge is 0.506 e. The second-order valence-corrected chi connectivity index (χ2v) is 4.06. The van der Waals surface area contributed by atoms with Crippen molar-refractivity contribution in [2.75, 3.05) is 6.61 Å². The fourth-order valence-corrected chi connectivity index (χ4v) is 2.03. The van der Waals surface area contributed by atoms with Crippen molar-refractivity contribution >= 4 is 16.9 Å². The number of terminal acetylenes is 1. The van der Waals surface area contributed by atoms with Crippen LogP contribution in [0.4, 0.5) is 0 Å². The van der Waals surface area contributed by atoms with Crippen LogP contribution in [0, 0.1) is 12.3 Å². The zero-order valence-electron chi connectivity index (χ0n) is 10.9. The van der Waals surface area contributed by atoms with E-state index in [9.17, 15) is 14.7 Å². The average molecular weight is 271 g/mol. The van der Waals surface area contributed by atoms with Gasteiger partial charge in [-0.3, -0.25) is 9.36 Å². The Morgan fingerprint density at radius 3 is 2.80 bits per heavy atom. The quantitative estimate of drug-likeness (QED) is 0.678. The molecule has 1 aromatic carbocycles. The lowest BCUT2D eigenvalue weighted by molar-refractivity contribution is 0.0520. The Hall–Kier alpha value is -2.74. The minimum absolute atomic E-state index is 0.00598. The second kappa shape index (κ2) is 5.49. The van der Waals surface area contributed by atoms with Crippen molar-refractivity contribution in [2.24, 2.45) is 0 Å². The second-order valence-electron chi connectivity index (χ2n) is 4.06. The fraction of sp³-hybridized carbons (Fsp3) is 0.200. The molecule has 2 rings (SSSR count). The smallest absolute Gasteiger partial charge is 0.347 e. The number of pyridine rings is 1. The summed E-state index contributed by atoms with van der Waals surface area (Å²) in [5.74, 6) is 1.13. The number of para-hydroxylation sites is 1. The number of esters is 1. The van der Waals surface area contributed by atoms with E-state index in [-0.39, 0.29) is 24.5 Å². The molecule has 2 aromatic rings. The Labute approximate surface area is 115 Å². The summed E-state index contributed by atoms with van der Waals surface area (Å²) in [6.45, 7) is 1.74. The van der Waals surface area contributed by atoms with Crippen molar-refractivity contribution in [1.29, 1.82) is 0 Å². The number of aromatic nitrogens is 1. The Bertz CT molecular complexity index is 768. The number of hydrogen-bond donors (Lipinski definition) is 1. The lowest BCUT2D eigenvalue weighted by Crippen LogP contribution is -2.27. The molecule has 102 valence electrons. The van der Waals surface area contributed by atoms with Gasteiger partial charge in [0.05, 0.1) is 18.7 Å². The van der Waals surface area contributed by atoms with Crippen molar-refractivity contribution in [3.05, 3.63) is 40.2 Å². The van der Waals surface area contributed by atoms with E-state index in [1.807, 2.05) is 0 Å². The van der Waals surface area contributed by atoms with Crippen LogP contribution in [0.1, 0.15) is 17.3 Å². The molecule has 0 aliphatic rings. The van der Waals surface area contributed by atoms with Crippen LogP contribution in [0.2, 0.25) is 0 Å². The number of benzene rings is 1. The minimum atomic E-state index is -0.855. The van der Waals surface area contributed by atoms with Crippen LogP contribution in [0.5, 0.6) is 5.75 Å². The number of carbonyl (C=O) groups excluding carboxylic acids is 1. The average Bonchev–Trinajstić information content (AvgIpc) is 2.44. The normalized spacial score (nSPS) is 10.2. The van der Waals surface area contributed by atoms with Crippen LogP contribution in [0.15, 0.2) is 29.1 Å². The van der Waals surface area contributed by atoms with E-state index in [1.54, 1.807) is 31.2 Å². The number of rotatable bonds is 3. The SMILES string of the molecule is C#CCn1c(=O)c(C(=O)OCC)c(O)c2ccccc21. The van der Waals surface area contributed by atoms with Crippen LogP contribution in [-0.4, -0.2) is 22.2 Å². The molecule has 0 bridgehead atoms. The van der Waals surface area contributed by atoms with Gasteiger partial charge >= 0.3 is 5.97 Å². The molecule has 0 amide bonds. The molecule has 0 spiro atoms. The summed E-state index contributed by atoms with van der Waals surface area (Å²) in [5, 5.41) is 10.5. The van der Waals surface area contributed by atoms with Gasteiger partial charge in [0.25, 0.3) is 5.56 Å². The standard InChI is InChI=1S/C15H13NO4/c1-3-9-16-11-8-6-5-7-10(11)13(17)12(14(16)18)15(19)20-4-2/h1,5-8,17H,4,9H2,2H3. The van der Waals surface area contributed by atoms with Gasteiger partial charge in [-0.2, -0.15) is 0 Å². The number of ether oxygens (including phenoxy) is 1. The summed E-state index contributed by atoms with van der Waals surface area (Å²) in [7, 11) is 0. The van der Waals surface area contributed by atoms with E-state index >= 15 is 0 Å². The van der Waals surface area contributed by atoms with E-state index in [0.29, 0.717) is 10.9 Å². The van der Waals surface area contributed by atoms with Crippen molar-refractivity contribution < 1.29 is 14.6 Å². The summed E-state index contributed by atoms with van der Waals surface area (Å²) in [6, 6.07) is 6.68. The Morgan fingerprint density at radius 1 is 1.45 bits per heavy atom. The summed E-state index contributed by atoms with van der Waals surface area (Å²) in [6.07, 6.45) is 5.25. The molecule has 5 nitrogen and oxygen atoms in total. The zero-order valence-corrected chi connectivity index (χ0v) is 10.9. The molecule has 20 heavy (non-hydrogen) atoms. The number of nitrogens with zero attached hydrogens (tertiary/aromatic N) is 1. The van der Waals surface area contributed by atoms with Gasteiger partial charge in [-0.05, 0) is 19.1 Å². The van der Waals surface area contributed by atoms with Gasteiger partial charge in [0.15, 0.2) is 5.56 Å². The highest BCUT2D eigenvalue weighted by Crippen LogP contribution is 2.26. The molecule has 0 unspecified atom stereocenters. The molecule has 0 atom stereocenters. The maximum Gasteiger partial charge on any atom is 0.347 e. The highest BCUT2D eigenvalue weighted by atomic mass is 16.5. The van der Waals surface area contributed by atoms with Crippen LogP contribution in [0.25, 0.3) is 10.9 Å². The fourth-order valence-electron chi connectivity index (χ4n) is 2.03. The Kier molecular flexibility index (Phi) is 3.76.